The lowest BCUT2D eigenvalue weighted by Crippen LogP contribution is -2.52. The van der Waals surface area contributed by atoms with Crippen molar-refractivity contribution in [3.8, 4) is 5.75 Å². The SMILES string of the molecule is O=C1NC2(CCCC2C(=O)O)n2c1c1c(c(O)c2=O)C(=O)N(Cc2ccc(F)c(Cl)c2)CC1. The highest BCUT2D eigenvalue weighted by atomic mass is 35.5. The van der Waals surface area contributed by atoms with Gasteiger partial charge in [0.1, 0.15) is 17.2 Å². The minimum Gasteiger partial charge on any atom is -0.502 e. The van der Waals surface area contributed by atoms with Crippen LogP contribution in [0.5, 0.6) is 5.75 Å². The summed E-state index contributed by atoms with van der Waals surface area (Å²) in [5, 5.41) is 23.0. The van der Waals surface area contributed by atoms with Crippen LogP contribution < -0.4 is 10.9 Å². The number of rotatable bonds is 3. The van der Waals surface area contributed by atoms with Gasteiger partial charge >= 0.3 is 5.97 Å². The van der Waals surface area contributed by atoms with Crippen LogP contribution in [0.25, 0.3) is 0 Å². The molecule has 11 heteroatoms. The summed E-state index contributed by atoms with van der Waals surface area (Å²) in [5.74, 6) is -4.87. The van der Waals surface area contributed by atoms with Gasteiger partial charge in [-0.2, -0.15) is 0 Å². The summed E-state index contributed by atoms with van der Waals surface area (Å²) in [6, 6.07) is 4.05. The number of aromatic hydroxyl groups is 1. The molecule has 1 saturated carbocycles. The molecule has 1 fully saturated rings. The highest BCUT2D eigenvalue weighted by Gasteiger charge is 2.56. The first kappa shape index (κ1) is 21.4. The number of carboxylic acids is 1. The molecule has 172 valence electrons. The van der Waals surface area contributed by atoms with Gasteiger partial charge < -0.3 is 20.4 Å². The number of hydrogen-bond donors (Lipinski definition) is 3. The average Bonchev–Trinajstić information content (AvgIpc) is 3.31. The number of carbonyl (C=O) groups excluding carboxylic acids is 2. The Labute approximate surface area is 191 Å². The van der Waals surface area contributed by atoms with E-state index in [0.29, 0.717) is 12.0 Å². The molecule has 3 N–H and O–H groups in total. The predicted octanol–water partition coefficient (Wildman–Crippen LogP) is 1.83. The Morgan fingerprint density at radius 1 is 1.30 bits per heavy atom. The maximum atomic E-state index is 13.5. The van der Waals surface area contributed by atoms with Crippen molar-refractivity contribution in [2.45, 2.75) is 37.9 Å². The number of benzene rings is 1. The zero-order valence-electron chi connectivity index (χ0n) is 17.2. The molecule has 2 aliphatic heterocycles. The molecular weight excluding hydrogens is 457 g/mol. The lowest BCUT2D eigenvalue weighted by atomic mass is 9.93. The van der Waals surface area contributed by atoms with Crippen molar-refractivity contribution in [3.63, 3.8) is 0 Å². The molecule has 2 unspecified atom stereocenters. The lowest BCUT2D eigenvalue weighted by molar-refractivity contribution is -0.145. The Morgan fingerprint density at radius 2 is 2.06 bits per heavy atom. The van der Waals surface area contributed by atoms with E-state index in [-0.39, 0.29) is 54.2 Å². The van der Waals surface area contributed by atoms with Crippen LogP contribution in [0.2, 0.25) is 5.02 Å². The van der Waals surface area contributed by atoms with Crippen LogP contribution in [-0.4, -0.2) is 44.0 Å². The molecule has 33 heavy (non-hydrogen) atoms. The zero-order valence-corrected chi connectivity index (χ0v) is 18.0. The summed E-state index contributed by atoms with van der Waals surface area (Å²) < 4.78 is 14.5. The smallest absolute Gasteiger partial charge is 0.310 e. The Hall–Kier alpha value is -3.40. The molecule has 1 aromatic heterocycles. The molecule has 1 aromatic carbocycles. The van der Waals surface area contributed by atoms with E-state index in [9.17, 15) is 33.8 Å². The van der Waals surface area contributed by atoms with Crippen molar-refractivity contribution in [3.05, 3.63) is 61.8 Å². The maximum Gasteiger partial charge on any atom is 0.310 e. The first-order chi connectivity index (χ1) is 15.7. The molecule has 1 aliphatic carbocycles. The average molecular weight is 476 g/mol. The third kappa shape index (κ3) is 2.97. The molecule has 0 bridgehead atoms. The van der Waals surface area contributed by atoms with Crippen molar-refractivity contribution in [1.29, 1.82) is 0 Å². The number of aliphatic carboxylic acids is 1. The Morgan fingerprint density at radius 3 is 2.76 bits per heavy atom. The predicted molar refractivity (Wildman–Crippen MR) is 113 cm³/mol. The number of carbonyl (C=O) groups is 3. The van der Waals surface area contributed by atoms with Gasteiger partial charge in [-0.05, 0) is 43.4 Å². The lowest BCUT2D eigenvalue weighted by Gasteiger charge is -2.33. The molecule has 2 atom stereocenters. The van der Waals surface area contributed by atoms with Gasteiger partial charge in [0, 0.05) is 18.7 Å². The zero-order chi connectivity index (χ0) is 23.7. The molecule has 3 aliphatic rings. The van der Waals surface area contributed by atoms with Gasteiger partial charge in [0.05, 0.1) is 16.5 Å². The van der Waals surface area contributed by atoms with Crippen molar-refractivity contribution in [2.75, 3.05) is 6.54 Å². The molecule has 2 amide bonds. The minimum atomic E-state index is -1.47. The highest BCUT2D eigenvalue weighted by molar-refractivity contribution is 6.30. The van der Waals surface area contributed by atoms with Gasteiger partial charge in [-0.3, -0.25) is 23.7 Å². The van der Waals surface area contributed by atoms with Crippen molar-refractivity contribution in [2.24, 2.45) is 5.92 Å². The van der Waals surface area contributed by atoms with E-state index in [2.05, 4.69) is 5.32 Å². The second kappa shape index (κ2) is 7.31. The first-order valence-electron chi connectivity index (χ1n) is 10.5. The summed E-state index contributed by atoms with van der Waals surface area (Å²) in [4.78, 5) is 52.6. The molecule has 1 spiro atoms. The molecule has 2 aromatic rings. The Kier molecular flexibility index (Phi) is 4.75. The molecule has 3 heterocycles. The fourth-order valence-corrected chi connectivity index (χ4v) is 5.57. The van der Waals surface area contributed by atoms with Crippen LogP contribution >= 0.6 is 11.6 Å². The minimum absolute atomic E-state index is 0.0629. The molecular formula is C22H19ClFN3O6. The van der Waals surface area contributed by atoms with Gasteiger partial charge in [-0.1, -0.05) is 17.7 Å². The summed E-state index contributed by atoms with van der Waals surface area (Å²) in [6.07, 6.45) is 1.15. The van der Waals surface area contributed by atoms with Crippen molar-refractivity contribution < 1.29 is 29.0 Å². The number of hydrogen-bond acceptors (Lipinski definition) is 5. The number of fused-ring (bicyclic) bond motifs is 4. The first-order valence-corrected chi connectivity index (χ1v) is 10.8. The fraction of sp³-hybridized carbons (Fsp3) is 0.364. The normalized spacial score (nSPS) is 23.6. The van der Waals surface area contributed by atoms with E-state index in [1.54, 1.807) is 0 Å². The van der Waals surface area contributed by atoms with Crippen LogP contribution in [0, 0.1) is 11.7 Å². The van der Waals surface area contributed by atoms with E-state index in [1.807, 2.05) is 0 Å². The number of carboxylic acid groups (broad SMARTS) is 1. The Balaban J connectivity index is 1.60. The molecule has 9 nitrogen and oxygen atoms in total. The second-order valence-electron chi connectivity index (χ2n) is 8.58. The monoisotopic (exact) mass is 475 g/mol. The number of nitrogens with one attached hydrogen (secondary N) is 1. The topological polar surface area (TPSA) is 129 Å². The molecule has 5 rings (SSSR count). The van der Waals surface area contributed by atoms with Crippen molar-refractivity contribution in [1.82, 2.24) is 14.8 Å². The third-order valence-corrected chi connectivity index (χ3v) is 7.10. The summed E-state index contributed by atoms with van der Waals surface area (Å²) in [5.41, 5.74) is -2.00. The number of pyridine rings is 1. The number of nitrogens with zero attached hydrogens (tertiary/aromatic N) is 2. The summed E-state index contributed by atoms with van der Waals surface area (Å²) in [7, 11) is 0. The summed E-state index contributed by atoms with van der Waals surface area (Å²) in [6.45, 7) is 0.238. The van der Waals surface area contributed by atoms with E-state index < -0.39 is 46.5 Å². The quantitative estimate of drug-likeness (QED) is 0.621. The van der Waals surface area contributed by atoms with E-state index in [0.717, 1.165) is 4.57 Å². The molecule has 0 radical (unpaired) electrons. The Bertz CT molecular complexity index is 1310. The van der Waals surface area contributed by atoms with Crippen LogP contribution in [-0.2, 0) is 23.4 Å². The standard InChI is InChI=1S/C22H19ClFN3O6/c23-13-8-10(3-4-14(13)24)9-26-7-5-11-15(19(26)30)17(28)20(31)27-16(11)18(29)25-22(27)6-1-2-12(22)21(32)33/h3-4,8,12,28H,1-2,5-7,9H2,(H,25,29)(H,32,33). The van der Waals surface area contributed by atoms with E-state index in [4.69, 9.17) is 11.6 Å². The van der Waals surface area contributed by atoms with Gasteiger partial charge in [0.2, 0.25) is 0 Å². The summed E-state index contributed by atoms with van der Waals surface area (Å²) >= 11 is 5.82. The number of amides is 2. The van der Waals surface area contributed by atoms with Crippen LogP contribution in [0.1, 0.15) is 51.2 Å². The highest BCUT2D eigenvalue weighted by Crippen LogP contribution is 2.45. The van der Waals surface area contributed by atoms with Crippen LogP contribution in [0.3, 0.4) is 0 Å². The van der Waals surface area contributed by atoms with E-state index in [1.165, 1.54) is 23.1 Å². The van der Waals surface area contributed by atoms with E-state index >= 15 is 0 Å². The molecule has 0 saturated heterocycles. The maximum absolute atomic E-state index is 13.5. The van der Waals surface area contributed by atoms with Crippen molar-refractivity contribution >= 4 is 29.4 Å². The number of halogens is 2. The fourth-order valence-electron chi connectivity index (χ4n) is 5.36. The van der Waals surface area contributed by atoms with Gasteiger partial charge in [0.25, 0.3) is 17.4 Å². The van der Waals surface area contributed by atoms with Crippen LogP contribution in [0.15, 0.2) is 23.0 Å². The van der Waals surface area contributed by atoms with Gasteiger partial charge in [-0.15, -0.1) is 0 Å². The van der Waals surface area contributed by atoms with Gasteiger partial charge in [0.15, 0.2) is 5.75 Å². The largest absolute Gasteiger partial charge is 0.502 e. The van der Waals surface area contributed by atoms with Gasteiger partial charge in [-0.25, -0.2) is 4.39 Å². The number of aromatic nitrogens is 1. The van der Waals surface area contributed by atoms with Crippen LogP contribution in [0.4, 0.5) is 4.39 Å². The third-order valence-electron chi connectivity index (χ3n) is 6.81. The second-order valence-corrected chi connectivity index (χ2v) is 8.99.